The molecule has 2 atom stereocenters. The number of aryl methyl sites for hydroxylation is 1. The predicted octanol–water partition coefficient (Wildman–Crippen LogP) is 6.69. The molecule has 1 aliphatic rings. The van der Waals surface area contributed by atoms with E-state index in [2.05, 4.69) is 10.3 Å². The lowest BCUT2D eigenvalue weighted by Gasteiger charge is -2.28. The van der Waals surface area contributed by atoms with Gasteiger partial charge in [0.1, 0.15) is 5.75 Å². The molecule has 0 aliphatic carbocycles. The van der Waals surface area contributed by atoms with E-state index in [4.69, 9.17) is 17.0 Å². The van der Waals surface area contributed by atoms with E-state index < -0.39 is 11.7 Å². The molecule has 1 fully saturated rings. The van der Waals surface area contributed by atoms with Crippen molar-refractivity contribution in [2.75, 3.05) is 12.0 Å². The quantitative estimate of drug-likeness (QED) is 0.296. The number of nitrogens with one attached hydrogen (secondary N) is 1. The summed E-state index contributed by atoms with van der Waals surface area (Å²) in [6.45, 7) is 3.66. The second kappa shape index (κ2) is 9.55. The summed E-state index contributed by atoms with van der Waals surface area (Å²) in [6, 6.07) is 20.1. The minimum absolute atomic E-state index is 0.0927. The number of rotatable bonds is 5. The maximum Gasteiger partial charge on any atom is 0.418 e. The fourth-order valence-corrected chi connectivity index (χ4v) is 5.40. The van der Waals surface area contributed by atoms with Crippen LogP contribution in [0.4, 0.5) is 18.9 Å². The van der Waals surface area contributed by atoms with Gasteiger partial charge in [0.2, 0.25) is 0 Å². The monoisotopic (exact) mass is 522 g/mol. The van der Waals surface area contributed by atoms with Crippen LogP contribution in [0.3, 0.4) is 0 Å². The van der Waals surface area contributed by atoms with Gasteiger partial charge in [0.25, 0.3) is 0 Å². The average molecular weight is 523 g/mol. The van der Waals surface area contributed by atoms with Crippen LogP contribution in [0.15, 0.2) is 79.0 Å². The molecule has 5 rings (SSSR count). The number of hydrogen-bond donors (Lipinski definition) is 1. The van der Waals surface area contributed by atoms with Crippen LogP contribution in [0.1, 0.15) is 40.3 Å². The zero-order chi connectivity index (χ0) is 26.3. The molecule has 0 radical (unpaired) electrons. The summed E-state index contributed by atoms with van der Waals surface area (Å²) in [4.78, 5) is 6.56. The van der Waals surface area contributed by atoms with Crippen LogP contribution >= 0.6 is 12.2 Å². The Bertz CT molecular complexity index is 1430. The Kier molecular flexibility index (Phi) is 6.41. The Hall–Kier alpha value is -3.85. The molecular weight excluding hydrogens is 497 g/mol. The molecule has 4 aromatic rings. The predicted molar refractivity (Wildman–Crippen MR) is 141 cm³/mol. The standard InChI is InChI=1S/C28H25F3N4OS/c1-17-16-21(18(2)34(17)24-10-5-4-8-22(24)28(29,30)31)26-25(23-9-6-7-15-32-23)33-27(37)35(26)19-11-13-20(36-3)14-12-19/h4-16,25-26H,1-3H3,(H,33,37)/t25-,26-/m0/s1. The highest BCUT2D eigenvalue weighted by Crippen LogP contribution is 2.44. The second-order valence-electron chi connectivity index (χ2n) is 8.87. The van der Waals surface area contributed by atoms with Crippen LogP contribution in [-0.4, -0.2) is 21.8 Å². The number of alkyl halides is 3. The summed E-state index contributed by atoms with van der Waals surface area (Å²) >= 11 is 5.78. The highest BCUT2D eigenvalue weighted by molar-refractivity contribution is 7.80. The minimum Gasteiger partial charge on any atom is -0.497 e. The van der Waals surface area contributed by atoms with Gasteiger partial charge >= 0.3 is 6.18 Å². The molecule has 1 saturated heterocycles. The van der Waals surface area contributed by atoms with E-state index in [0.29, 0.717) is 22.2 Å². The molecular formula is C28H25F3N4OS. The molecule has 0 saturated carbocycles. The molecule has 1 aliphatic heterocycles. The van der Waals surface area contributed by atoms with Gasteiger partial charge in [-0.2, -0.15) is 13.2 Å². The first-order chi connectivity index (χ1) is 17.7. The summed E-state index contributed by atoms with van der Waals surface area (Å²) in [5.41, 5.74) is 3.27. The van der Waals surface area contributed by atoms with Crippen LogP contribution in [0.5, 0.6) is 5.75 Å². The Morgan fingerprint density at radius 1 is 0.973 bits per heavy atom. The summed E-state index contributed by atoms with van der Waals surface area (Å²) in [6.07, 6.45) is -2.77. The minimum atomic E-state index is -4.48. The van der Waals surface area contributed by atoms with Gasteiger partial charge in [-0.05, 0) is 86.2 Å². The number of nitrogens with zero attached hydrogens (tertiary/aromatic N) is 3. The molecule has 3 heterocycles. The maximum absolute atomic E-state index is 13.9. The Morgan fingerprint density at radius 3 is 2.32 bits per heavy atom. The van der Waals surface area contributed by atoms with Crippen molar-refractivity contribution >= 4 is 23.0 Å². The number of methoxy groups -OCH3 is 1. The third-order valence-electron chi connectivity index (χ3n) is 6.69. The lowest BCUT2D eigenvalue weighted by molar-refractivity contribution is -0.137. The molecule has 0 amide bonds. The molecule has 0 spiro atoms. The highest BCUT2D eigenvalue weighted by atomic mass is 32.1. The first kappa shape index (κ1) is 24.8. The molecule has 0 unspecified atom stereocenters. The van der Waals surface area contributed by atoms with Crippen molar-refractivity contribution < 1.29 is 17.9 Å². The summed E-state index contributed by atoms with van der Waals surface area (Å²) in [5, 5.41) is 3.91. The first-order valence-electron chi connectivity index (χ1n) is 11.7. The number of para-hydroxylation sites is 1. The number of aromatic nitrogens is 2. The van der Waals surface area contributed by atoms with Gasteiger partial charge in [-0.15, -0.1) is 0 Å². The van der Waals surface area contributed by atoms with E-state index in [1.165, 1.54) is 12.1 Å². The lowest BCUT2D eigenvalue weighted by Crippen LogP contribution is -2.29. The van der Waals surface area contributed by atoms with Crippen LogP contribution in [0.2, 0.25) is 0 Å². The van der Waals surface area contributed by atoms with Crippen molar-refractivity contribution in [1.29, 1.82) is 0 Å². The van der Waals surface area contributed by atoms with E-state index in [0.717, 1.165) is 23.0 Å². The molecule has 37 heavy (non-hydrogen) atoms. The topological polar surface area (TPSA) is 42.3 Å². The Morgan fingerprint density at radius 2 is 1.68 bits per heavy atom. The van der Waals surface area contributed by atoms with E-state index in [-0.39, 0.29) is 17.8 Å². The fraction of sp³-hybridized carbons (Fsp3) is 0.214. The number of anilines is 1. The van der Waals surface area contributed by atoms with E-state index in [1.807, 2.05) is 67.3 Å². The van der Waals surface area contributed by atoms with Crippen LogP contribution in [-0.2, 0) is 6.18 Å². The van der Waals surface area contributed by atoms with Gasteiger partial charge in [0.05, 0.1) is 36.1 Å². The third-order valence-corrected chi connectivity index (χ3v) is 7.00. The van der Waals surface area contributed by atoms with Gasteiger partial charge in [0.15, 0.2) is 5.11 Å². The largest absolute Gasteiger partial charge is 0.497 e. The van der Waals surface area contributed by atoms with Crippen molar-refractivity contribution in [3.05, 3.63) is 107 Å². The number of halogens is 3. The van der Waals surface area contributed by atoms with Crippen molar-refractivity contribution in [2.45, 2.75) is 32.1 Å². The molecule has 1 N–H and O–H groups in total. The second-order valence-corrected chi connectivity index (χ2v) is 9.26. The van der Waals surface area contributed by atoms with Crippen molar-refractivity contribution in [3.63, 3.8) is 0 Å². The van der Waals surface area contributed by atoms with Crippen LogP contribution in [0, 0.1) is 13.8 Å². The van der Waals surface area contributed by atoms with Gasteiger partial charge in [-0.3, -0.25) is 4.98 Å². The molecule has 190 valence electrons. The summed E-state index contributed by atoms with van der Waals surface area (Å²) in [7, 11) is 1.60. The van der Waals surface area contributed by atoms with Gasteiger partial charge in [0, 0.05) is 23.3 Å². The van der Waals surface area contributed by atoms with Gasteiger partial charge in [-0.25, -0.2) is 0 Å². The number of thiocarbonyl (C=S) groups is 1. The zero-order valence-corrected chi connectivity index (χ0v) is 21.3. The zero-order valence-electron chi connectivity index (χ0n) is 20.5. The van der Waals surface area contributed by atoms with Crippen molar-refractivity contribution in [3.8, 4) is 11.4 Å². The average Bonchev–Trinajstić information content (AvgIpc) is 3.39. The van der Waals surface area contributed by atoms with Crippen LogP contribution < -0.4 is 15.0 Å². The third kappa shape index (κ3) is 4.44. The van der Waals surface area contributed by atoms with E-state index >= 15 is 0 Å². The summed E-state index contributed by atoms with van der Waals surface area (Å²) in [5.74, 6) is 0.710. The number of hydrogen-bond acceptors (Lipinski definition) is 3. The lowest BCUT2D eigenvalue weighted by atomic mass is 9.96. The maximum atomic E-state index is 13.9. The summed E-state index contributed by atoms with van der Waals surface area (Å²) < 4.78 is 48.7. The smallest absolute Gasteiger partial charge is 0.418 e. The van der Waals surface area contributed by atoms with Gasteiger partial charge < -0.3 is 19.5 Å². The van der Waals surface area contributed by atoms with Crippen molar-refractivity contribution in [1.82, 2.24) is 14.9 Å². The van der Waals surface area contributed by atoms with Gasteiger partial charge in [-0.1, -0.05) is 18.2 Å². The number of pyridine rings is 1. The Labute approximate surface area is 218 Å². The Balaban J connectivity index is 1.69. The van der Waals surface area contributed by atoms with E-state index in [9.17, 15) is 13.2 Å². The molecule has 5 nitrogen and oxygen atoms in total. The van der Waals surface area contributed by atoms with Crippen LogP contribution in [0.25, 0.3) is 5.69 Å². The SMILES string of the molecule is COc1ccc(N2C(=S)N[C@@H](c3ccccn3)[C@@H]2c2cc(C)n(-c3ccccc3C(F)(F)F)c2C)cc1. The first-order valence-corrected chi connectivity index (χ1v) is 12.1. The molecule has 9 heteroatoms. The molecule has 2 aromatic carbocycles. The fourth-order valence-electron chi connectivity index (χ4n) is 5.06. The van der Waals surface area contributed by atoms with Crippen molar-refractivity contribution in [2.24, 2.45) is 0 Å². The number of benzene rings is 2. The molecule has 2 aromatic heterocycles. The number of ether oxygens (including phenoxy) is 1. The highest BCUT2D eigenvalue weighted by Gasteiger charge is 2.43. The normalized spacial score (nSPS) is 17.7. The van der Waals surface area contributed by atoms with E-state index in [1.54, 1.807) is 23.9 Å². The molecule has 0 bridgehead atoms.